The third-order valence-corrected chi connectivity index (χ3v) is 9.96. The Kier molecular flexibility index (Phi) is 7.19. The number of carbonyl (C=O) groups excluding carboxylic acids is 3. The van der Waals surface area contributed by atoms with E-state index in [1.807, 2.05) is 53.6 Å². The third kappa shape index (κ3) is 4.72. The predicted octanol–water partition coefficient (Wildman–Crippen LogP) is 5.49. The number of rotatable bonds is 5. The zero-order valence-electron chi connectivity index (χ0n) is 22.4. The standard InChI is InChI=1S/C31H32ClN3O4S/c1-20(26-8-4-18-40-26)35-29(37)24-6-2-7-25(27(24)30(35)38)34-15-3-5-21(19-34)28(36)33-16-13-31(39,14-17-33)22-9-11-23(32)12-10-22/h2,4,6-12,18,20-21,39H,3,5,13-17,19H2,1H3. The zero-order valence-corrected chi connectivity index (χ0v) is 24.0. The molecular weight excluding hydrogens is 546 g/mol. The number of halogens is 1. The second-order valence-corrected chi connectivity index (χ2v) is 12.4. The highest BCUT2D eigenvalue weighted by molar-refractivity contribution is 7.10. The van der Waals surface area contributed by atoms with E-state index in [9.17, 15) is 19.5 Å². The topological polar surface area (TPSA) is 81.2 Å². The van der Waals surface area contributed by atoms with Gasteiger partial charge < -0.3 is 14.9 Å². The van der Waals surface area contributed by atoms with Gasteiger partial charge in [-0.25, -0.2) is 0 Å². The largest absolute Gasteiger partial charge is 0.385 e. The Morgan fingerprint density at radius 3 is 2.48 bits per heavy atom. The van der Waals surface area contributed by atoms with Gasteiger partial charge >= 0.3 is 0 Å². The smallest absolute Gasteiger partial charge is 0.264 e. The van der Waals surface area contributed by atoms with Crippen molar-refractivity contribution in [2.45, 2.75) is 44.2 Å². The lowest BCUT2D eigenvalue weighted by molar-refractivity contribution is -0.140. The maximum atomic E-state index is 13.6. The second kappa shape index (κ2) is 10.7. The molecule has 2 atom stereocenters. The molecule has 1 N–H and O–H groups in total. The van der Waals surface area contributed by atoms with Crippen molar-refractivity contribution in [3.8, 4) is 0 Å². The summed E-state index contributed by atoms with van der Waals surface area (Å²) in [7, 11) is 0. The number of piperidine rings is 2. The molecule has 3 aliphatic heterocycles. The van der Waals surface area contributed by atoms with E-state index in [0.29, 0.717) is 48.6 Å². The number of anilines is 1. The summed E-state index contributed by atoms with van der Waals surface area (Å²) in [5.74, 6) is -0.665. The van der Waals surface area contributed by atoms with Crippen molar-refractivity contribution in [1.29, 1.82) is 0 Å². The van der Waals surface area contributed by atoms with Crippen molar-refractivity contribution in [1.82, 2.24) is 9.80 Å². The number of hydrogen-bond donors (Lipinski definition) is 1. The summed E-state index contributed by atoms with van der Waals surface area (Å²) in [6.45, 7) is 4.07. The molecule has 40 heavy (non-hydrogen) atoms. The van der Waals surface area contributed by atoms with Crippen LogP contribution in [0.5, 0.6) is 0 Å². The lowest BCUT2D eigenvalue weighted by Crippen LogP contribution is -2.50. The van der Waals surface area contributed by atoms with E-state index in [4.69, 9.17) is 11.6 Å². The van der Waals surface area contributed by atoms with Crippen LogP contribution in [-0.2, 0) is 10.4 Å². The lowest BCUT2D eigenvalue weighted by atomic mass is 9.84. The first-order valence-electron chi connectivity index (χ1n) is 13.8. The predicted molar refractivity (Wildman–Crippen MR) is 156 cm³/mol. The number of benzene rings is 2. The number of carbonyl (C=O) groups is 3. The summed E-state index contributed by atoms with van der Waals surface area (Å²) in [6.07, 6.45) is 2.53. The van der Waals surface area contributed by atoms with E-state index < -0.39 is 5.60 Å². The molecule has 6 rings (SSSR count). The number of amides is 3. The molecule has 0 aliphatic carbocycles. The van der Waals surface area contributed by atoms with Gasteiger partial charge in [0.25, 0.3) is 11.8 Å². The molecule has 3 aliphatic rings. The van der Waals surface area contributed by atoms with Gasteiger partial charge in [0.2, 0.25) is 5.91 Å². The van der Waals surface area contributed by atoms with Crippen molar-refractivity contribution in [3.05, 3.63) is 86.6 Å². The number of thiophene rings is 1. The Labute approximate surface area is 243 Å². The zero-order chi connectivity index (χ0) is 28.0. The molecule has 7 nitrogen and oxygen atoms in total. The summed E-state index contributed by atoms with van der Waals surface area (Å²) < 4.78 is 0. The summed E-state index contributed by atoms with van der Waals surface area (Å²) in [5, 5.41) is 13.8. The molecule has 208 valence electrons. The van der Waals surface area contributed by atoms with E-state index in [0.717, 1.165) is 35.5 Å². The number of aliphatic hydroxyl groups is 1. The van der Waals surface area contributed by atoms with Crippen LogP contribution >= 0.6 is 22.9 Å². The fourth-order valence-electron chi connectivity index (χ4n) is 6.36. The molecule has 2 aromatic carbocycles. The average molecular weight is 578 g/mol. The number of likely N-dealkylation sites (tertiary alicyclic amines) is 1. The van der Waals surface area contributed by atoms with E-state index in [-0.39, 0.29) is 29.7 Å². The minimum absolute atomic E-state index is 0.0887. The van der Waals surface area contributed by atoms with Gasteiger partial charge in [-0.3, -0.25) is 19.3 Å². The van der Waals surface area contributed by atoms with E-state index in [1.54, 1.807) is 18.2 Å². The van der Waals surface area contributed by atoms with Gasteiger partial charge in [0.15, 0.2) is 0 Å². The Bertz CT molecular complexity index is 1430. The molecular formula is C31H32ClN3O4S. The molecule has 9 heteroatoms. The van der Waals surface area contributed by atoms with E-state index >= 15 is 0 Å². The maximum absolute atomic E-state index is 13.6. The first kappa shape index (κ1) is 27.0. The average Bonchev–Trinajstić information content (AvgIpc) is 3.60. The molecule has 2 unspecified atom stereocenters. The Hall–Kier alpha value is -3.20. The summed E-state index contributed by atoms with van der Waals surface area (Å²) in [6, 6.07) is 16.2. The minimum atomic E-state index is -0.969. The first-order valence-corrected chi connectivity index (χ1v) is 15.1. The Balaban J connectivity index is 1.16. The molecule has 3 amide bonds. The van der Waals surface area contributed by atoms with E-state index in [1.165, 1.54) is 16.2 Å². The number of nitrogens with zero attached hydrogens (tertiary/aromatic N) is 3. The highest BCUT2D eigenvalue weighted by Gasteiger charge is 2.43. The molecule has 3 aromatic rings. The minimum Gasteiger partial charge on any atom is -0.385 e. The highest BCUT2D eigenvalue weighted by atomic mass is 35.5. The maximum Gasteiger partial charge on any atom is 0.264 e. The molecule has 1 aromatic heterocycles. The molecule has 4 heterocycles. The molecule has 2 saturated heterocycles. The van der Waals surface area contributed by atoms with Crippen molar-refractivity contribution >= 4 is 46.3 Å². The fraction of sp³-hybridized carbons (Fsp3) is 0.387. The van der Waals surface area contributed by atoms with Crippen LogP contribution in [0.4, 0.5) is 5.69 Å². The van der Waals surface area contributed by atoms with Crippen LogP contribution < -0.4 is 4.90 Å². The van der Waals surface area contributed by atoms with Gasteiger partial charge in [-0.1, -0.05) is 35.9 Å². The van der Waals surface area contributed by atoms with Crippen LogP contribution in [0, 0.1) is 5.92 Å². The van der Waals surface area contributed by atoms with Gasteiger partial charge in [0.05, 0.1) is 34.4 Å². The van der Waals surface area contributed by atoms with Gasteiger partial charge in [-0.05, 0) is 73.9 Å². The van der Waals surface area contributed by atoms with Crippen LogP contribution in [0.25, 0.3) is 0 Å². The second-order valence-electron chi connectivity index (χ2n) is 11.0. The normalized spacial score (nSPS) is 21.5. The monoisotopic (exact) mass is 577 g/mol. The van der Waals surface area contributed by atoms with Crippen LogP contribution in [-0.4, -0.2) is 58.8 Å². The molecule has 2 fully saturated rings. The first-order chi connectivity index (χ1) is 19.3. The molecule has 0 radical (unpaired) electrons. The highest BCUT2D eigenvalue weighted by Crippen LogP contribution is 2.39. The summed E-state index contributed by atoms with van der Waals surface area (Å²) >= 11 is 7.54. The van der Waals surface area contributed by atoms with Gasteiger partial charge in [-0.2, -0.15) is 0 Å². The molecule has 0 spiro atoms. The van der Waals surface area contributed by atoms with E-state index in [2.05, 4.69) is 4.90 Å². The molecule has 0 bridgehead atoms. The number of hydrogen-bond acceptors (Lipinski definition) is 6. The van der Waals surface area contributed by atoms with Gasteiger partial charge in [0, 0.05) is 36.1 Å². The fourth-order valence-corrected chi connectivity index (χ4v) is 7.26. The Morgan fingerprint density at radius 1 is 1.02 bits per heavy atom. The van der Waals surface area contributed by atoms with Crippen molar-refractivity contribution in [2.24, 2.45) is 5.92 Å². The van der Waals surface area contributed by atoms with Crippen LogP contribution in [0.2, 0.25) is 5.02 Å². The SMILES string of the molecule is CC(c1cccs1)N1C(=O)c2cccc(N3CCCC(C(=O)N4CCC(O)(c5ccc(Cl)cc5)CC4)C3)c2C1=O. The van der Waals surface area contributed by atoms with Gasteiger partial charge in [-0.15, -0.1) is 11.3 Å². The summed E-state index contributed by atoms with van der Waals surface area (Å²) in [4.78, 5) is 46.9. The number of imide groups is 1. The van der Waals surface area contributed by atoms with Gasteiger partial charge in [0.1, 0.15) is 0 Å². The van der Waals surface area contributed by atoms with Crippen LogP contribution in [0.3, 0.4) is 0 Å². The van der Waals surface area contributed by atoms with Crippen molar-refractivity contribution in [3.63, 3.8) is 0 Å². The van der Waals surface area contributed by atoms with Crippen LogP contribution in [0.1, 0.15) is 69.8 Å². The van der Waals surface area contributed by atoms with Crippen molar-refractivity contribution in [2.75, 3.05) is 31.1 Å². The molecule has 0 saturated carbocycles. The van der Waals surface area contributed by atoms with Crippen molar-refractivity contribution < 1.29 is 19.5 Å². The third-order valence-electron chi connectivity index (χ3n) is 8.66. The quantitative estimate of drug-likeness (QED) is 0.406. The number of fused-ring (bicyclic) bond motifs is 1. The Morgan fingerprint density at radius 2 is 1.77 bits per heavy atom. The van der Waals surface area contributed by atoms with Crippen LogP contribution in [0.15, 0.2) is 60.0 Å². The lowest BCUT2D eigenvalue weighted by Gasteiger charge is -2.41. The summed E-state index contributed by atoms with van der Waals surface area (Å²) in [5.41, 5.74) is 1.45.